The number of rotatable bonds is 0. The van der Waals surface area contributed by atoms with E-state index in [1.165, 1.54) is 0 Å². The van der Waals surface area contributed by atoms with Crippen LogP contribution in [0, 0.1) is 0 Å². The maximum absolute atomic E-state index is 11.0. The average molecular weight is 198 g/mol. The molecule has 5 heteroatoms. The van der Waals surface area contributed by atoms with Gasteiger partial charge in [-0.15, -0.1) is 12.4 Å². The lowest BCUT2D eigenvalue weighted by Gasteiger charge is -2.38. The number of halogens is 1. The lowest BCUT2D eigenvalue weighted by Crippen LogP contribution is -2.57. The monoisotopic (exact) mass is 197 g/mol. The van der Waals surface area contributed by atoms with Crippen LogP contribution in [0.2, 0.25) is 0 Å². The molecule has 0 aromatic carbocycles. The number of nitrogens with one attached hydrogen (secondary N) is 1. The van der Waals surface area contributed by atoms with Crippen molar-refractivity contribution in [1.82, 2.24) is 5.32 Å². The second-order valence-electron chi connectivity index (χ2n) is 3.30. The molecule has 1 N–H and O–H groups in total. The summed E-state index contributed by atoms with van der Waals surface area (Å²) in [7, 11) is -2.68. The molecule has 2 aliphatic heterocycles. The van der Waals surface area contributed by atoms with Gasteiger partial charge in [0.1, 0.15) is 0 Å². The Balaban J connectivity index is 0.000000605. The van der Waals surface area contributed by atoms with Crippen LogP contribution in [-0.2, 0) is 9.84 Å². The molecule has 3 nitrogen and oxygen atoms in total. The third-order valence-corrected chi connectivity index (χ3v) is 4.31. The highest BCUT2D eigenvalue weighted by Gasteiger charge is 2.45. The summed E-state index contributed by atoms with van der Waals surface area (Å²) in [4.78, 5) is 0. The van der Waals surface area contributed by atoms with Gasteiger partial charge in [-0.05, 0) is 19.4 Å². The Hall–Kier alpha value is 0.200. The van der Waals surface area contributed by atoms with Crippen molar-refractivity contribution < 1.29 is 8.42 Å². The van der Waals surface area contributed by atoms with Gasteiger partial charge in [0, 0.05) is 5.54 Å². The van der Waals surface area contributed by atoms with Gasteiger partial charge in [0.2, 0.25) is 0 Å². The molecule has 2 saturated heterocycles. The molecule has 0 amide bonds. The summed E-state index contributed by atoms with van der Waals surface area (Å²) in [6.45, 7) is 0.996. The first kappa shape index (κ1) is 9.29. The molecule has 2 rings (SSSR count). The SMILES string of the molecule is Cl.O=S1(=O)CCC2(CCN2)C1. The summed E-state index contributed by atoms with van der Waals surface area (Å²) < 4.78 is 22.0. The van der Waals surface area contributed by atoms with Crippen LogP contribution < -0.4 is 5.32 Å². The first-order chi connectivity index (χ1) is 4.62. The minimum Gasteiger partial charge on any atom is -0.310 e. The Bertz CT molecular complexity index is 245. The molecule has 1 spiro atoms. The second kappa shape index (κ2) is 2.61. The van der Waals surface area contributed by atoms with Crippen LogP contribution in [0.3, 0.4) is 0 Å². The number of sulfone groups is 1. The fraction of sp³-hybridized carbons (Fsp3) is 1.00. The van der Waals surface area contributed by atoms with Gasteiger partial charge >= 0.3 is 0 Å². The Morgan fingerprint density at radius 3 is 2.09 bits per heavy atom. The molecule has 0 radical (unpaired) electrons. The zero-order valence-electron chi connectivity index (χ0n) is 6.17. The molecule has 0 aromatic rings. The first-order valence-electron chi connectivity index (χ1n) is 3.57. The number of hydrogen-bond donors (Lipinski definition) is 1. The van der Waals surface area contributed by atoms with Gasteiger partial charge < -0.3 is 5.32 Å². The summed E-state index contributed by atoms with van der Waals surface area (Å²) in [6, 6.07) is 0. The topological polar surface area (TPSA) is 46.2 Å². The van der Waals surface area contributed by atoms with Crippen molar-refractivity contribution in [2.75, 3.05) is 18.1 Å². The van der Waals surface area contributed by atoms with E-state index in [1.54, 1.807) is 0 Å². The molecular weight excluding hydrogens is 186 g/mol. The van der Waals surface area contributed by atoms with Crippen molar-refractivity contribution in [2.45, 2.75) is 18.4 Å². The van der Waals surface area contributed by atoms with E-state index in [2.05, 4.69) is 5.32 Å². The summed E-state index contributed by atoms with van der Waals surface area (Å²) in [5.74, 6) is 0.764. The van der Waals surface area contributed by atoms with Crippen molar-refractivity contribution in [3.63, 3.8) is 0 Å². The van der Waals surface area contributed by atoms with Gasteiger partial charge in [-0.1, -0.05) is 0 Å². The molecule has 0 saturated carbocycles. The Morgan fingerprint density at radius 1 is 1.27 bits per heavy atom. The Labute approximate surface area is 72.9 Å². The average Bonchev–Trinajstić information content (AvgIpc) is 2.04. The van der Waals surface area contributed by atoms with E-state index in [0.29, 0.717) is 11.5 Å². The fourth-order valence-corrected chi connectivity index (χ4v) is 3.81. The lowest BCUT2D eigenvalue weighted by atomic mass is 9.88. The predicted octanol–water partition coefficient (Wildman–Crippen LogP) is -0.0412. The Kier molecular flexibility index (Phi) is 2.20. The van der Waals surface area contributed by atoms with Gasteiger partial charge in [-0.2, -0.15) is 0 Å². The summed E-state index contributed by atoms with van der Waals surface area (Å²) in [5.41, 5.74) is 0.0127. The third-order valence-electron chi connectivity index (χ3n) is 2.49. The smallest absolute Gasteiger partial charge is 0.152 e. The van der Waals surface area contributed by atoms with E-state index in [4.69, 9.17) is 0 Å². The van der Waals surface area contributed by atoms with Crippen LogP contribution in [-0.4, -0.2) is 32.0 Å². The van der Waals surface area contributed by atoms with E-state index >= 15 is 0 Å². The molecule has 1 unspecified atom stereocenters. The minimum absolute atomic E-state index is 0. The molecule has 2 heterocycles. The zero-order chi connectivity index (χ0) is 7.24. The van der Waals surface area contributed by atoms with E-state index in [1.807, 2.05) is 0 Å². The second-order valence-corrected chi connectivity index (χ2v) is 5.48. The molecule has 66 valence electrons. The van der Waals surface area contributed by atoms with E-state index in [0.717, 1.165) is 19.4 Å². The quantitative estimate of drug-likeness (QED) is 0.593. The van der Waals surface area contributed by atoms with Crippen LogP contribution in [0.1, 0.15) is 12.8 Å². The maximum atomic E-state index is 11.0. The van der Waals surface area contributed by atoms with Crippen molar-refractivity contribution in [3.8, 4) is 0 Å². The van der Waals surface area contributed by atoms with Gasteiger partial charge in [0.15, 0.2) is 9.84 Å². The van der Waals surface area contributed by atoms with Crippen molar-refractivity contribution >= 4 is 22.2 Å². The molecular formula is C6H12ClNO2S. The molecule has 2 fully saturated rings. The van der Waals surface area contributed by atoms with Crippen LogP contribution >= 0.6 is 12.4 Å². The summed E-state index contributed by atoms with van der Waals surface area (Å²) >= 11 is 0. The highest BCUT2D eigenvalue weighted by atomic mass is 35.5. The number of hydrogen-bond acceptors (Lipinski definition) is 3. The summed E-state index contributed by atoms with van der Waals surface area (Å²) in [5, 5.41) is 3.20. The van der Waals surface area contributed by atoms with Crippen molar-refractivity contribution in [3.05, 3.63) is 0 Å². The predicted molar refractivity (Wildman–Crippen MR) is 45.9 cm³/mol. The maximum Gasteiger partial charge on any atom is 0.152 e. The van der Waals surface area contributed by atoms with Crippen molar-refractivity contribution in [2.24, 2.45) is 0 Å². The van der Waals surface area contributed by atoms with Crippen LogP contribution in [0.4, 0.5) is 0 Å². The van der Waals surface area contributed by atoms with Gasteiger partial charge in [-0.3, -0.25) is 0 Å². The van der Waals surface area contributed by atoms with Crippen LogP contribution in [0.5, 0.6) is 0 Å². The molecule has 0 aliphatic carbocycles. The van der Waals surface area contributed by atoms with E-state index < -0.39 is 9.84 Å². The normalized spacial score (nSPS) is 39.6. The molecule has 2 aliphatic rings. The minimum atomic E-state index is -2.68. The summed E-state index contributed by atoms with van der Waals surface area (Å²) in [6.07, 6.45) is 1.88. The standard InChI is InChI=1S/C6H11NO2S.ClH/c8-10(9)4-2-6(5-10)1-3-7-6;/h7H,1-5H2;1H. The van der Waals surface area contributed by atoms with Gasteiger partial charge in [-0.25, -0.2) is 8.42 Å². The van der Waals surface area contributed by atoms with Crippen molar-refractivity contribution in [1.29, 1.82) is 0 Å². The largest absolute Gasteiger partial charge is 0.310 e. The van der Waals surface area contributed by atoms with Gasteiger partial charge in [0.25, 0.3) is 0 Å². The molecule has 0 bridgehead atoms. The zero-order valence-corrected chi connectivity index (χ0v) is 7.80. The molecule has 11 heavy (non-hydrogen) atoms. The highest BCUT2D eigenvalue weighted by Crippen LogP contribution is 2.31. The Morgan fingerprint density at radius 2 is 1.91 bits per heavy atom. The van der Waals surface area contributed by atoms with Gasteiger partial charge in [0.05, 0.1) is 11.5 Å². The van der Waals surface area contributed by atoms with Crippen LogP contribution in [0.15, 0.2) is 0 Å². The van der Waals surface area contributed by atoms with Crippen LogP contribution in [0.25, 0.3) is 0 Å². The molecule has 0 aromatic heterocycles. The van der Waals surface area contributed by atoms with E-state index in [9.17, 15) is 8.42 Å². The van der Waals surface area contributed by atoms with E-state index in [-0.39, 0.29) is 17.9 Å². The fourth-order valence-electron chi connectivity index (χ4n) is 1.73. The lowest BCUT2D eigenvalue weighted by molar-refractivity contribution is 0.241. The highest BCUT2D eigenvalue weighted by molar-refractivity contribution is 7.91. The third kappa shape index (κ3) is 1.53. The molecule has 1 atom stereocenters. The first-order valence-corrected chi connectivity index (χ1v) is 5.40.